The first-order chi connectivity index (χ1) is 5.86. The van der Waals surface area contributed by atoms with Crippen LogP contribution in [0.1, 0.15) is 25.7 Å². The van der Waals surface area contributed by atoms with Crippen LogP contribution in [0.3, 0.4) is 0 Å². The van der Waals surface area contributed by atoms with Crippen molar-refractivity contribution < 1.29 is 0 Å². The van der Waals surface area contributed by atoms with Crippen molar-refractivity contribution in [1.29, 1.82) is 0 Å². The monoisotopic (exact) mass is 168 g/mol. The standard InChI is InChI=1S/C10H20N2/c11-5-9-7-2-1-3-8(4-7)10(9)6-12/h7-10H,1-6,11-12H2. The fourth-order valence-electron chi connectivity index (χ4n) is 3.48. The van der Waals surface area contributed by atoms with E-state index in [0.29, 0.717) is 0 Å². The quantitative estimate of drug-likeness (QED) is 0.645. The molecule has 0 aromatic heterocycles. The van der Waals surface area contributed by atoms with Crippen LogP contribution in [0.15, 0.2) is 0 Å². The maximum Gasteiger partial charge on any atom is -0.00430 e. The summed E-state index contributed by atoms with van der Waals surface area (Å²) in [6, 6.07) is 0. The minimum Gasteiger partial charge on any atom is -0.330 e. The largest absolute Gasteiger partial charge is 0.330 e. The van der Waals surface area contributed by atoms with Gasteiger partial charge in [-0.1, -0.05) is 19.3 Å². The zero-order valence-corrected chi connectivity index (χ0v) is 7.71. The minimum atomic E-state index is 0.752. The van der Waals surface area contributed by atoms with Gasteiger partial charge in [-0.2, -0.15) is 0 Å². The van der Waals surface area contributed by atoms with E-state index in [1.807, 2.05) is 0 Å². The molecular weight excluding hydrogens is 148 g/mol. The molecule has 2 saturated carbocycles. The predicted molar refractivity (Wildman–Crippen MR) is 50.5 cm³/mol. The van der Waals surface area contributed by atoms with E-state index in [1.54, 1.807) is 0 Å². The highest BCUT2D eigenvalue weighted by atomic mass is 14.7. The van der Waals surface area contributed by atoms with Crippen molar-refractivity contribution in [3.63, 3.8) is 0 Å². The lowest BCUT2D eigenvalue weighted by Gasteiger charge is -2.21. The molecule has 0 aliphatic heterocycles. The average molecular weight is 168 g/mol. The summed E-state index contributed by atoms with van der Waals surface area (Å²) in [5.41, 5.74) is 11.6. The van der Waals surface area contributed by atoms with Crippen molar-refractivity contribution in [3.8, 4) is 0 Å². The Labute approximate surface area is 74.7 Å². The van der Waals surface area contributed by atoms with Crippen molar-refractivity contribution in [3.05, 3.63) is 0 Å². The van der Waals surface area contributed by atoms with Crippen LogP contribution in [0.4, 0.5) is 0 Å². The molecular formula is C10H20N2. The first kappa shape index (κ1) is 8.52. The van der Waals surface area contributed by atoms with Crippen LogP contribution < -0.4 is 11.5 Å². The Bertz CT molecular complexity index is 142. The Kier molecular flexibility index (Phi) is 2.37. The number of nitrogens with two attached hydrogens (primary N) is 2. The van der Waals surface area contributed by atoms with Crippen LogP contribution in [0, 0.1) is 23.7 Å². The summed E-state index contributed by atoms with van der Waals surface area (Å²) in [7, 11) is 0. The van der Waals surface area contributed by atoms with Crippen LogP contribution in [-0.2, 0) is 0 Å². The number of hydrogen-bond donors (Lipinski definition) is 2. The summed E-state index contributed by atoms with van der Waals surface area (Å²) in [5, 5.41) is 0. The van der Waals surface area contributed by atoms with Gasteiger partial charge in [-0.15, -0.1) is 0 Å². The maximum atomic E-state index is 5.80. The van der Waals surface area contributed by atoms with E-state index in [2.05, 4.69) is 0 Å². The minimum absolute atomic E-state index is 0.752. The molecule has 4 atom stereocenters. The van der Waals surface area contributed by atoms with Gasteiger partial charge in [0.25, 0.3) is 0 Å². The van der Waals surface area contributed by atoms with Gasteiger partial charge in [0.05, 0.1) is 0 Å². The summed E-state index contributed by atoms with van der Waals surface area (Å²) in [5.74, 6) is 3.34. The van der Waals surface area contributed by atoms with Crippen LogP contribution in [-0.4, -0.2) is 13.1 Å². The number of hydrogen-bond acceptors (Lipinski definition) is 2. The molecule has 2 heteroatoms. The van der Waals surface area contributed by atoms with Crippen LogP contribution in [0.25, 0.3) is 0 Å². The zero-order valence-electron chi connectivity index (χ0n) is 7.71. The molecule has 0 heterocycles. The van der Waals surface area contributed by atoms with E-state index in [-0.39, 0.29) is 0 Å². The molecule has 2 nitrogen and oxygen atoms in total. The normalized spacial score (nSPS) is 46.5. The second-order valence-corrected chi connectivity index (χ2v) is 4.49. The second kappa shape index (κ2) is 3.35. The fraction of sp³-hybridized carbons (Fsp3) is 1.00. The number of rotatable bonds is 2. The highest BCUT2D eigenvalue weighted by Crippen LogP contribution is 2.48. The molecule has 0 amide bonds. The third kappa shape index (κ3) is 1.17. The molecule has 0 aromatic rings. The van der Waals surface area contributed by atoms with Crippen molar-refractivity contribution in [2.24, 2.45) is 35.1 Å². The van der Waals surface area contributed by atoms with E-state index >= 15 is 0 Å². The fourth-order valence-corrected chi connectivity index (χ4v) is 3.48. The topological polar surface area (TPSA) is 52.0 Å². The first-order valence-electron chi connectivity index (χ1n) is 5.27. The first-order valence-corrected chi connectivity index (χ1v) is 5.27. The van der Waals surface area contributed by atoms with E-state index < -0.39 is 0 Å². The van der Waals surface area contributed by atoms with E-state index in [0.717, 1.165) is 36.8 Å². The number of fused-ring (bicyclic) bond motifs is 2. The Morgan fingerprint density at radius 3 is 1.83 bits per heavy atom. The lowest BCUT2D eigenvalue weighted by Crippen LogP contribution is -2.29. The van der Waals surface area contributed by atoms with Crippen LogP contribution in [0.2, 0.25) is 0 Å². The van der Waals surface area contributed by atoms with Crippen LogP contribution >= 0.6 is 0 Å². The van der Waals surface area contributed by atoms with Gasteiger partial charge in [0, 0.05) is 0 Å². The summed E-state index contributed by atoms with van der Waals surface area (Å²) in [4.78, 5) is 0. The van der Waals surface area contributed by atoms with Gasteiger partial charge >= 0.3 is 0 Å². The molecule has 0 radical (unpaired) electrons. The summed E-state index contributed by atoms with van der Waals surface area (Å²) < 4.78 is 0. The van der Waals surface area contributed by atoms with Gasteiger partial charge in [-0.25, -0.2) is 0 Å². The molecule has 2 bridgehead atoms. The molecule has 4 unspecified atom stereocenters. The van der Waals surface area contributed by atoms with Crippen LogP contribution in [0.5, 0.6) is 0 Å². The average Bonchev–Trinajstić information content (AvgIpc) is 2.36. The predicted octanol–water partition coefficient (Wildman–Crippen LogP) is 0.956. The van der Waals surface area contributed by atoms with Gasteiger partial charge in [-0.3, -0.25) is 0 Å². The molecule has 12 heavy (non-hydrogen) atoms. The van der Waals surface area contributed by atoms with Gasteiger partial charge in [-0.05, 0) is 43.2 Å². The van der Waals surface area contributed by atoms with E-state index in [9.17, 15) is 0 Å². The molecule has 0 spiro atoms. The Balaban J connectivity index is 2.10. The molecule has 70 valence electrons. The van der Waals surface area contributed by atoms with Crippen molar-refractivity contribution in [2.75, 3.05) is 13.1 Å². The maximum absolute atomic E-state index is 5.80. The van der Waals surface area contributed by atoms with Gasteiger partial charge in [0.1, 0.15) is 0 Å². The molecule has 4 N–H and O–H groups in total. The van der Waals surface area contributed by atoms with Gasteiger partial charge in [0.2, 0.25) is 0 Å². The lowest BCUT2D eigenvalue weighted by atomic mass is 9.87. The van der Waals surface area contributed by atoms with Gasteiger partial charge in [0.15, 0.2) is 0 Å². The molecule has 2 rings (SSSR count). The van der Waals surface area contributed by atoms with Crippen molar-refractivity contribution in [2.45, 2.75) is 25.7 Å². The summed E-state index contributed by atoms with van der Waals surface area (Å²) in [6.45, 7) is 1.73. The molecule has 2 aliphatic carbocycles. The second-order valence-electron chi connectivity index (χ2n) is 4.49. The smallest absolute Gasteiger partial charge is 0.00430 e. The van der Waals surface area contributed by atoms with Crippen molar-refractivity contribution >= 4 is 0 Å². The third-order valence-electron chi connectivity index (χ3n) is 4.06. The lowest BCUT2D eigenvalue weighted by molar-refractivity contribution is 0.314. The SMILES string of the molecule is NCC1C2CCCC(C2)C1CN. The summed E-state index contributed by atoms with van der Waals surface area (Å²) >= 11 is 0. The van der Waals surface area contributed by atoms with Crippen molar-refractivity contribution in [1.82, 2.24) is 0 Å². The highest BCUT2D eigenvalue weighted by Gasteiger charge is 2.43. The highest BCUT2D eigenvalue weighted by molar-refractivity contribution is 4.94. The zero-order chi connectivity index (χ0) is 8.55. The Hall–Kier alpha value is -0.0800. The molecule has 2 aliphatic rings. The van der Waals surface area contributed by atoms with E-state index in [4.69, 9.17) is 11.5 Å². The van der Waals surface area contributed by atoms with E-state index in [1.165, 1.54) is 25.7 Å². The third-order valence-corrected chi connectivity index (χ3v) is 4.06. The summed E-state index contributed by atoms with van der Waals surface area (Å²) in [6.07, 6.45) is 5.66. The van der Waals surface area contributed by atoms with Gasteiger partial charge < -0.3 is 11.5 Å². The molecule has 0 saturated heterocycles. The Morgan fingerprint density at radius 2 is 1.42 bits per heavy atom. The molecule has 0 aromatic carbocycles. The molecule has 2 fully saturated rings. The Morgan fingerprint density at radius 1 is 0.917 bits per heavy atom.